The molecule has 136 valence electrons. The second kappa shape index (κ2) is 7.72. The summed E-state index contributed by atoms with van der Waals surface area (Å²) in [6.45, 7) is 1.68. The van der Waals surface area contributed by atoms with Crippen LogP contribution < -0.4 is 20.5 Å². The number of amides is 1. The zero-order valence-corrected chi connectivity index (χ0v) is 15.2. The zero-order chi connectivity index (χ0) is 18.7. The number of fused-ring (bicyclic) bond motifs is 1. The van der Waals surface area contributed by atoms with E-state index in [0.717, 1.165) is 5.56 Å². The van der Waals surface area contributed by atoms with Crippen LogP contribution >= 0.6 is 23.2 Å². The second-order valence-electron chi connectivity index (χ2n) is 5.42. The number of nitrogens with one attached hydrogen (secondary N) is 1. The van der Waals surface area contributed by atoms with Crippen molar-refractivity contribution in [2.45, 2.75) is 6.92 Å². The van der Waals surface area contributed by atoms with E-state index in [1.807, 2.05) is 6.07 Å². The number of oxime groups is 1. The highest BCUT2D eigenvalue weighted by molar-refractivity contribution is 6.39. The second-order valence-corrected chi connectivity index (χ2v) is 6.23. The molecule has 2 aromatic rings. The van der Waals surface area contributed by atoms with E-state index in [9.17, 15) is 4.79 Å². The van der Waals surface area contributed by atoms with Gasteiger partial charge in [-0.25, -0.2) is 0 Å². The van der Waals surface area contributed by atoms with Crippen LogP contribution in [0.1, 0.15) is 12.5 Å². The molecular formula is C17H15Cl2N3O4. The van der Waals surface area contributed by atoms with Gasteiger partial charge in [0.05, 0.1) is 21.4 Å². The number of nitrogens with zero attached hydrogens (tertiary/aromatic N) is 1. The molecule has 0 saturated heterocycles. The quantitative estimate of drug-likeness (QED) is 0.457. The summed E-state index contributed by atoms with van der Waals surface area (Å²) in [5, 5.41) is 7.05. The molecule has 9 heteroatoms. The number of nitrogens with two attached hydrogens (primary N) is 1. The van der Waals surface area contributed by atoms with E-state index >= 15 is 0 Å². The van der Waals surface area contributed by atoms with Crippen LogP contribution in [0.25, 0.3) is 0 Å². The normalized spacial score (nSPS) is 12.8. The molecule has 26 heavy (non-hydrogen) atoms. The van der Waals surface area contributed by atoms with Crippen LogP contribution in [0.5, 0.6) is 11.5 Å². The Morgan fingerprint density at radius 3 is 2.65 bits per heavy atom. The first-order valence-corrected chi connectivity index (χ1v) is 8.30. The number of carbonyl (C=O) groups is 1. The molecule has 1 aliphatic rings. The van der Waals surface area contributed by atoms with E-state index in [1.165, 1.54) is 12.1 Å². The number of hydrogen-bond donors (Lipinski definition) is 2. The van der Waals surface area contributed by atoms with Crippen LogP contribution in [0.15, 0.2) is 35.5 Å². The monoisotopic (exact) mass is 395 g/mol. The Labute approximate surface area is 159 Å². The van der Waals surface area contributed by atoms with Crippen LogP contribution in [0, 0.1) is 0 Å². The van der Waals surface area contributed by atoms with Gasteiger partial charge < -0.3 is 25.4 Å². The van der Waals surface area contributed by atoms with Gasteiger partial charge >= 0.3 is 0 Å². The van der Waals surface area contributed by atoms with Crippen LogP contribution in [0.3, 0.4) is 0 Å². The summed E-state index contributed by atoms with van der Waals surface area (Å²) in [4.78, 5) is 17.0. The topological polar surface area (TPSA) is 95.2 Å². The summed E-state index contributed by atoms with van der Waals surface area (Å²) in [5.41, 5.74) is 7.71. The largest absolute Gasteiger partial charge is 0.454 e. The number of rotatable bonds is 5. The first-order chi connectivity index (χ1) is 12.4. The maximum absolute atomic E-state index is 11.9. The third-order valence-corrected chi connectivity index (χ3v) is 4.18. The van der Waals surface area contributed by atoms with Crippen molar-refractivity contribution in [3.8, 4) is 11.5 Å². The van der Waals surface area contributed by atoms with E-state index < -0.39 is 5.91 Å². The highest BCUT2D eigenvalue weighted by Crippen LogP contribution is 2.33. The summed E-state index contributed by atoms with van der Waals surface area (Å²) < 4.78 is 10.6. The Bertz CT molecular complexity index is 863. The summed E-state index contributed by atoms with van der Waals surface area (Å²) in [6, 6.07) is 8.42. The van der Waals surface area contributed by atoms with Gasteiger partial charge in [0.15, 0.2) is 18.1 Å². The van der Waals surface area contributed by atoms with Gasteiger partial charge in [-0.1, -0.05) is 28.4 Å². The van der Waals surface area contributed by atoms with Crippen molar-refractivity contribution in [2.24, 2.45) is 5.16 Å². The van der Waals surface area contributed by atoms with E-state index in [2.05, 4.69) is 10.5 Å². The lowest BCUT2D eigenvalue weighted by Gasteiger charge is -2.08. The summed E-state index contributed by atoms with van der Waals surface area (Å²) in [5.74, 6) is 0.915. The molecule has 0 atom stereocenters. The number of halogens is 2. The van der Waals surface area contributed by atoms with Gasteiger partial charge in [0.25, 0.3) is 5.91 Å². The smallest absolute Gasteiger partial charge is 0.265 e. The lowest BCUT2D eigenvalue weighted by atomic mass is 10.1. The Hall–Kier alpha value is -2.64. The molecule has 2 aromatic carbocycles. The molecule has 0 bridgehead atoms. The molecule has 1 aliphatic heterocycles. The molecule has 0 unspecified atom stereocenters. The van der Waals surface area contributed by atoms with Gasteiger partial charge in [-0.05, 0) is 37.3 Å². The minimum absolute atomic E-state index is 0.199. The van der Waals surface area contributed by atoms with Crippen molar-refractivity contribution in [3.05, 3.63) is 45.9 Å². The van der Waals surface area contributed by atoms with Crippen molar-refractivity contribution >= 4 is 46.2 Å². The third-order valence-electron chi connectivity index (χ3n) is 3.55. The molecule has 0 spiro atoms. The van der Waals surface area contributed by atoms with E-state index in [1.54, 1.807) is 19.1 Å². The predicted molar refractivity (Wildman–Crippen MR) is 100 cm³/mol. The van der Waals surface area contributed by atoms with Crippen molar-refractivity contribution in [1.29, 1.82) is 0 Å². The molecule has 0 aliphatic carbocycles. The van der Waals surface area contributed by atoms with E-state index in [-0.39, 0.29) is 29.1 Å². The van der Waals surface area contributed by atoms with Gasteiger partial charge in [0.2, 0.25) is 6.79 Å². The summed E-state index contributed by atoms with van der Waals surface area (Å²) >= 11 is 11.8. The Balaban J connectivity index is 1.57. The van der Waals surface area contributed by atoms with Gasteiger partial charge in [0, 0.05) is 11.3 Å². The number of nitrogen functional groups attached to an aromatic ring is 1. The predicted octanol–water partition coefficient (Wildman–Crippen LogP) is 3.68. The van der Waals surface area contributed by atoms with Gasteiger partial charge in [-0.3, -0.25) is 4.79 Å². The first-order valence-electron chi connectivity index (χ1n) is 7.55. The number of benzene rings is 2. The summed E-state index contributed by atoms with van der Waals surface area (Å²) in [7, 11) is 0. The van der Waals surface area contributed by atoms with Crippen LogP contribution in [0.2, 0.25) is 10.0 Å². The average molecular weight is 396 g/mol. The Kier molecular flexibility index (Phi) is 5.39. The van der Waals surface area contributed by atoms with Crippen molar-refractivity contribution < 1.29 is 19.1 Å². The van der Waals surface area contributed by atoms with Crippen molar-refractivity contribution in [2.75, 3.05) is 24.5 Å². The minimum Gasteiger partial charge on any atom is -0.454 e. The first kappa shape index (κ1) is 18.2. The van der Waals surface area contributed by atoms with Gasteiger partial charge in [-0.2, -0.15) is 0 Å². The van der Waals surface area contributed by atoms with Gasteiger partial charge in [-0.15, -0.1) is 0 Å². The van der Waals surface area contributed by atoms with Gasteiger partial charge in [0.1, 0.15) is 0 Å². The number of ether oxygens (including phenoxy) is 2. The highest BCUT2D eigenvalue weighted by Gasteiger charge is 2.14. The SMILES string of the molecule is CC(=NOCC(=O)Nc1cc(Cl)c(N)c(Cl)c1)c1ccc2c(c1)OCO2. The van der Waals surface area contributed by atoms with Crippen LogP contribution in [-0.2, 0) is 9.63 Å². The molecule has 0 radical (unpaired) electrons. The molecular weight excluding hydrogens is 381 g/mol. The molecule has 1 amide bonds. The lowest BCUT2D eigenvalue weighted by Crippen LogP contribution is -2.17. The number of hydrogen-bond acceptors (Lipinski definition) is 6. The molecule has 3 rings (SSSR count). The molecule has 3 N–H and O–H groups in total. The molecule has 0 aromatic heterocycles. The van der Waals surface area contributed by atoms with Crippen molar-refractivity contribution in [3.63, 3.8) is 0 Å². The highest BCUT2D eigenvalue weighted by atomic mass is 35.5. The average Bonchev–Trinajstić information content (AvgIpc) is 3.07. The minimum atomic E-state index is -0.413. The Morgan fingerprint density at radius 2 is 1.92 bits per heavy atom. The third kappa shape index (κ3) is 4.12. The standard InChI is InChI=1S/C17H15Cl2N3O4/c1-9(10-2-3-14-15(4-10)25-8-24-14)22-26-7-16(23)21-11-5-12(18)17(20)13(19)6-11/h2-6H,7-8,20H2,1H3,(H,21,23). The number of anilines is 2. The maximum Gasteiger partial charge on any atom is 0.265 e. The zero-order valence-electron chi connectivity index (χ0n) is 13.7. The molecule has 0 fully saturated rings. The molecule has 0 saturated carbocycles. The number of carbonyl (C=O) groups excluding carboxylic acids is 1. The van der Waals surface area contributed by atoms with Crippen LogP contribution in [0.4, 0.5) is 11.4 Å². The maximum atomic E-state index is 11.9. The molecule has 1 heterocycles. The fraction of sp³-hybridized carbons (Fsp3) is 0.176. The molecule has 7 nitrogen and oxygen atoms in total. The van der Waals surface area contributed by atoms with Crippen LogP contribution in [-0.4, -0.2) is 25.0 Å². The van der Waals surface area contributed by atoms with E-state index in [0.29, 0.717) is 22.9 Å². The lowest BCUT2D eigenvalue weighted by molar-refractivity contribution is -0.120. The Morgan fingerprint density at radius 1 is 1.23 bits per heavy atom. The summed E-state index contributed by atoms with van der Waals surface area (Å²) in [6.07, 6.45) is 0. The fourth-order valence-corrected chi connectivity index (χ4v) is 2.70. The fourth-order valence-electron chi connectivity index (χ4n) is 2.22. The van der Waals surface area contributed by atoms with Crippen molar-refractivity contribution in [1.82, 2.24) is 0 Å². The van der Waals surface area contributed by atoms with E-state index in [4.69, 9.17) is 43.2 Å².